The zero-order chi connectivity index (χ0) is 21.0. The molecule has 3 rings (SSSR count). The fraction of sp³-hybridized carbons (Fsp3) is 0.650. The van der Waals surface area contributed by atoms with Crippen molar-refractivity contribution >= 4 is 27.3 Å². The SMILES string of the molecule is CC1CN(C(CNC(=O)CS(=O)(=O)C2CCCC2)c2c(F)cccc2Cl)CCO1. The largest absolute Gasteiger partial charge is 0.376 e. The van der Waals surface area contributed by atoms with Crippen molar-refractivity contribution in [2.45, 2.75) is 50.0 Å². The lowest BCUT2D eigenvalue weighted by molar-refractivity contribution is -0.119. The number of benzene rings is 1. The van der Waals surface area contributed by atoms with Crippen LogP contribution in [0.5, 0.6) is 0 Å². The maximum absolute atomic E-state index is 14.6. The van der Waals surface area contributed by atoms with Gasteiger partial charge in [0, 0.05) is 30.2 Å². The molecule has 29 heavy (non-hydrogen) atoms. The molecule has 0 bridgehead atoms. The molecule has 2 fully saturated rings. The van der Waals surface area contributed by atoms with Crippen molar-refractivity contribution in [1.82, 2.24) is 10.2 Å². The fourth-order valence-corrected chi connectivity index (χ4v) is 6.22. The van der Waals surface area contributed by atoms with Crippen molar-refractivity contribution in [2.24, 2.45) is 0 Å². The minimum atomic E-state index is -3.47. The van der Waals surface area contributed by atoms with E-state index in [9.17, 15) is 17.6 Å². The topological polar surface area (TPSA) is 75.7 Å². The van der Waals surface area contributed by atoms with E-state index in [-0.39, 0.29) is 17.7 Å². The van der Waals surface area contributed by atoms with Gasteiger partial charge < -0.3 is 10.1 Å². The van der Waals surface area contributed by atoms with Gasteiger partial charge >= 0.3 is 0 Å². The second-order valence-electron chi connectivity index (χ2n) is 7.85. The molecule has 1 amide bonds. The Labute approximate surface area is 176 Å². The molecule has 1 heterocycles. The van der Waals surface area contributed by atoms with Crippen molar-refractivity contribution in [3.63, 3.8) is 0 Å². The Kier molecular flexibility index (Phi) is 7.53. The Hall–Kier alpha value is -1.22. The average molecular weight is 447 g/mol. The fourth-order valence-electron chi connectivity index (χ4n) is 4.18. The molecule has 1 saturated carbocycles. The van der Waals surface area contributed by atoms with E-state index in [1.807, 2.05) is 11.8 Å². The first kappa shape index (κ1) is 22.5. The second kappa shape index (κ2) is 9.73. The Morgan fingerprint density at radius 2 is 2.10 bits per heavy atom. The van der Waals surface area contributed by atoms with Gasteiger partial charge in [-0.3, -0.25) is 9.69 Å². The number of carbonyl (C=O) groups is 1. The molecule has 2 atom stereocenters. The highest BCUT2D eigenvalue weighted by Gasteiger charge is 2.32. The molecule has 1 aromatic rings. The van der Waals surface area contributed by atoms with E-state index in [1.165, 1.54) is 12.1 Å². The van der Waals surface area contributed by atoms with E-state index < -0.39 is 38.6 Å². The number of ether oxygens (including phenoxy) is 1. The molecule has 1 aliphatic heterocycles. The van der Waals surface area contributed by atoms with Crippen LogP contribution in [0.1, 0.15) is 44.2 Å². The summed E-state index contributed by atoms with van der Waals surface area (Å²) in [5, 5.41) is 2.56. The lowest BCUT2D eigenvalue weighted by Crippen LogP contribution is -2.47. The van der Waals surface area contributed by atoms with Crippen molar-refractivity contribution in [3.8, 4) is 0 Å². The molecular weight excluding hydrogens is 419 g/mol. The number of nitrogens with one attached hydrogen (secondary N) is 1. The van der Waals surface area contributed by atoms with Gasteiger partial charge in [-0.25, -0.2) is 12.8 Å². The van der Waals surface area contributed by atoms with Gasteiger partial charge in [-0.1, -0.05) is 30.5 Å². The summed E-state index contributed by atoms with van der Waals surface area (Å²) in [7, 11) is -3.47. The molecular formula is C20H28ClFN2O4S. The summed E-state index contributed by atoms with van der Waals surface area (Å²) in [4.78, 5) is 14.4. The number of nitrogens with zero attached hydrogens (tertiary/aromatic N) is 1. The Morgan fingerprint density at radius 1 is 1.38 bits per heavy atom. The molecule has 2 unspecified atom stereocenters. The summed E-state index contributed by atoms with van der Waals surface area (Å²) >= 11 is 6.28. The third-order valence-electron chi connectivity index (χ3n) is 5.68. The van der Waals surface area contributed by atoms with Gasteiger partial charge in [0.25, 0.3) is 0 Å². The van der Waals surface area contributed by atoms with Crippen LogP contribution >= 0.6 is 11.6 Å². The van der Waals surface area contributed by atoms with Crippen LogP contribution in [0.3, 0.4) is 0 Å². The third-order valence-corrected chi connectivity index (χ3v) is 8.16. The van der Waals surface area contributed by atoms with E-state index in [1.54, 1.807) is 6.07 Å². The van der Waals surface area contributed by atoms with Crippen LogP contribution in [-0.4, -0.2) is 62.6 Å². The summed E-state index contributed by atoms with van der Waals surface area (Å²) in [6.07, 6.45) is 2.97. The first-order chi connectivity index (χ1) is 13.8. The van der Waals surface area contributed by atoms with E-state index >= 15 is 0 Å². The zero-order valence-corrected chi connectivity index (χ0v) is 18.1. The van der Waals surface area contributed by atoms with Gasteiger partial charge in [-0.15, -0.1) is 0 Å². The highest BCUT2D eigenvalue weighted by Crippen LogP contribution is 2.31. The normalized spacial score (nSPS) is 22.5. The molecule has 1 aromatic carbocycles. The van der Waals surface area contributed by atoms with Gasteiger partial charge in [-0.05, 0) is 31.9 Å². The Balaban J connectivity index is 1.72. The standard InChI is InChI=1S/C20H28ClFN2O4S/c1-14-12-24(9-10-28-14)18(20-16(21)7-4-8-17(20)22)11-23-19(25)13-29(26,27)15-5-2-3-6-15/h4,7-8,14-15,18H,2-3,5-6,9-13H2,1H3,(H,23,25). The van der Waals surface area contributed by atoms with Crippen LogP contribution < -0.4 is 5.32 Å². The summed E-state index contributed by atoms with van der Waals surface area (Å²) in [6, 6.07) is 3.98. The molecule has 0 aromatic heterocycles. The average Bonchev–Trinajstić information content (AvgIpc) is 3.19. The van der Waals surface area contributed by atoms with Crippen LogP contribution in [0.15, 0.2) is 18.2 Å². The predicted molar refractivity (Wildman–Crippen MR) is 110 cm³/mol. The second-order valence-corrected chi connectivity index (χ2v) is 10.5. The van der Waals surface area contributed by atoms with E-state index in [2.05, 4.69) is 5.32 Å². The molecule has 6 nitrogen and oxygen atoms in total. The van der Waals surface area contributed by atoms with Crippen molar-refractivity contribution in [1.29, 1.82) is 0 Å². The number of hydrogen-bond acceptors (Lipinski definition) is 5. The van der Waals surface area contributed by atoms with Crippen LogP contribution in [0.4, 0.5) is 4.39 Å². The maximum Gasteiger partial charge on any atom is 0.235 e. The molecule has 2 aliphatic rings. The predicted octanol–water partition coefficient (Wildman–Crippen LogP) is 2.71. The number of halogens is 2. The minimum Gasteiger partial charge on any atom is -0.376 e. The van der Waals surface area contributed by atoms with Gasteiger partial charge in [0.05, 0.1) is 24.0 Å². The number of carbonyl (C=O) groups excluding carboxylic acids is 1. The van der Waals surface area contributed by atoms with E-state index in [0.29, 0.717) is 38.1 Å². The summed E-state index contributed by atoms with van der Waals surface area (Å²) in [6.45, 7) is 3.63. The first-order valence-corrected chi connectivity index (χ1v) is 12.1. The lowest BCUT2D eigenvalue weighted by Gasteiger charge is -2.38. The van der Waals surface area contributed by atoms with Gasteiger partial charge in [0.15, 0.2) is 9.84 Å². The van der Waals surface area contributed by atoms with Crippen molar-refractivity contribution in [2.75, 3.05) is 32.0 Å². The molecule has 1 saturated heterocycles. The zero-order valence-electron chi connectivity index (χ0n) is 16.6. The van der Waals surface area contributed by atoms with Gasteiger partial charge in [0.2, 0.25) is 5.91 Å². The van der Waals surface area contributed by atoms with Crippen LogP contribution in [0, 0.1) is 5.82 Å². The van der Waals surface area contributed by atoms with Crippen molar-refractivity contribution in [3.05, 3.63) is 34.6 Å². The molecule has 0 spiro atoms. The Bertz CT molecular complexity index is 810. The lowest BCUT2D eigenvalue weighted by atomic mass is 10.0. The molecule has 1 N–H and O–H groups in total. The quantitative estimate of drug-likeness (QED) is 0.697. The summed E-state index contributed by atoms with van der Waals surface area (Å²) < 4.78 is 45.1. The number of hydrogen-bond donors (Lipinski definition) is 1. The highest BCUT2D eigenvalue weighted by atomic mass is 35.5. The van der Waals surface area contributed by atoms with Crippen molar-refractivity contribution < 1.29 is 22.3 Å². The van der Waals surface area contributed by atoms with E-state index in [0.717, 1.165) is 12.8 Å². The first-order valence-electron chi connectivity index (χ1n) is 10.1. The number of sulfone groups is 1. The van der Waals surface area contributed by atoms with Crippen LogP contribution in [-0.2, 0) is 19.4 Å². The molecule has 1 aliphatic carbocycles. The van der Waals surface area contributed by atoms with E-state index in [4.69, 9.17) is 16.3 Å². The van der Waals surface area contributed by atoms with Gasteiger partial charge in [0.1, 0.15) is 11.6 Å². The van der Waals surface area contributed by atoms with Crippen LogP contribution in [0.2, 0.25) is 5.02 Å². The maximum atomic E-state index is 14.6. The highest BCUT2D eigenvalue weighted by molar-refractivity contribution is 7.92. The van der Waals surface area contributed by atoms with Crippen LogP contribution in [0.25, 0.3) is 0 Å². The smallest absolute Gasteiger partial charge is 0.235 e. The minimum absolute atomic E-state index is 0.0322. The number of morpholine rings is 1. The van der Waals surface area contributed by atoms with Gasteiger partial charge in [-0.2, -0.15) is 0 Å². The molecule has 0 radical (unpaired) electrons. The summed E-state index contributed by atoms with van der Waals surface area (Å²) in [5.74, 6) is -1.54. The molecule has 9 heteroatoms. The Morgan fingerprint density at radius 3 is 2.76 bits per heavy atom. The summed E-state index contributed by atoms with van der Waals surface area (Å²) in [5.41, 5.74) is 0.308. The number of amides is 1. The monoisotopic (exact) mass is 446 g/mol. The molecule has 162 valence electrons. The third kappa shape index (κ3) is 5.69. The number of rotatable bonds is 7.